The molecule has 0 spiro atoms. The van der Waals surface area contributed by atoms with Gasteiger partial charge < -0.3 is 5.11 Å². The van der Waals surface area contributed by atoms with Gasteiger partial charge >= 0.3 is 0 Å². The number of thiophene rings is 1. The summed E-state index contributed by atoms with van der Waals surface area (Å²) in [6.07, 6.45) is 0. The molecule has 1 N–H and O–H groups in total. The number of hydrogen-bond donors (Lipinski definition) is 1. The maximum atomic E-state index is 13.3. The minimum absolute atomic E-state index is 0.0166. The minimum atomic E-state index is -0.198. The molecule has 1 heterocycles. The van der Waals surface area contributed by atoms with E-state index in [4.69, 9.17) is 5.11 Å². The Bertz CT molecular complexity index is 466. The molecule has 0 fully saturated rings. The summed E-state index contributed by atoms with van der Waals surface area (Å²) in [4.78, 5) is 0.868. The summed E-state index contributed by atoms with van der Waals surface area (Å²) in [5.74, 6) is -0.198. The van der Waals surface area contributed by atoms with Gasteiger partial charge in [0.25, 0.3) is 0 Å². The van der Waals surface area contributed by atoms with Crippen molar-refractivity contribution in [3.05, 3.63) is 34.5 Å². The van der Waals surface area contributed by atoms with Gasteiger partial charge in [0.2, 0.25) is 0 Å². The van der Waals surface area contributed by atoms with Gasteiger partial charge in [-0.1, -0.05) is 15.9 Å². The Labute approximate surface area is 93.3 Å². The summed E-state index contributed by atoms with van der Waals surface area (Å²) in [5, 5.41) is 10.4. The van der Waals surface area contributed by atoms with Crippen LogP contribution in [0.1, 0.15) is 10.4 Å². The second-order valence-electron chi connectivity index (χ2n) is 2.94. The molecule has 0 bridgehead atoms. The molecule has 0 saturated heterocycles. The predicted molar refractivity (Wildman–Crippen MR) is 60.3 cm³/mol. The first kappa shape index (κ1) is 10.1. The van der Waals surface area contributed by atoms with E-state index in [1.165, 1.54) is 17.4 Å². The van der Waals surface area contributed by atoms with Crippen LogP contribution in [0.2, 0.25) is 0 Å². The van der Waals surface area contributed by atoms with Gasteiger partial charge in [0, 0.05) is 20.5 Å². The van der Waals surface area contributed by atoms with Gasteiger partial charge in [0.15, 0.2) is 0 Å². The molecule has 14 heavy (non-hydrogen) atoms. The maximum Gasteiger partial charge on any atom is 0.127 e. The highest BCUT2D eigenvalue weighted by molar-refractivity contribution is 9.08. The van der Waals surface area contributed by atoms with Crippen LogP contribution in [-0.2, 0) is 11.9 Å². The third-order valence-electron chi connectivity index (χ3n) is 2.10. The van der Waals surface area contributed by atoms with Gasteiger partial charge in [0.1, 0.15) is 5.82 Å². The van der Waals surface area contributed by atoms with E-state index in [0.717, 1.165) is 15.0 Å². The smallest absolute Gasteiger partial charge is 0.127 e. The molecule has 0 unspecified atom stereocenters. The number of alkyl halides is 1. The predicted octanol–water partition coefficient (Wildman–Crippen LogP) is 3.43. The molecule has 1 nitrogen and oxygen atoms in total. The summed E-state index contributed by atoms with van der Waals surface area (Å²) >= 11 is 4.76. The highest BCUT2D eigenvalue weighted by atomic mass is 79.9. The van der Waals surface area contributed by atoms with Gasteiger partial charge in [-0.05, 0) is 23.6 Å². The van der Waals surface area contributed by atoms with Crippen molar-refractivity contribution in [2.75, 3.05) is 0 Å². The van der Waals surface area contributed by atoms with Crippen LogP contribution in [0, 0.1) is 5.82 Å². The molecule has 0 atom stereocenters. The first-order valence-electron chi connectivity index (χ1n) is 4.13. The summed E-state index contributed by atoms with van der Waals surface area (Å²) in [7, 11) is 0. The number of halogens is 2. The lowest BCUT2D eigenvalue weighted by Gasteiger charge is -1.99. The fourth-order valence-electron chi connectivity index (χ4n) is 1.41. The number of fused-ring (bicyclic) bond motifs is 1. The zero-order valence-corrected chi connectivity index (χ0v) is 9.66. The Hall–Kier alpha value is -0.450. The monoisotopic (exact) mass is 274 g/mol. The second-order valence-corrected chi connectivity index (χ2v) is 4.67. The highest BCUT2D eigenvalue weighted by Gasteiger charge is 2.09. The third-order valence-corrected chi connectivity index (χ3v) is 3.74. The first-order chi connectivity index (χ1) is 6.76. The summed E-state index contributed by atoms with van der Waals surface area (Å²) in [6.45, 7) is 0.0166. The van der Waals surface area contributed by atoms with Crippen LogP contribution in [0.25, 0.3) is 10.1 Å². The van der Waals surface area contributed by atoms with Crippen LogP contribution in [-0.4, -0.2) is 5.11 Å². The molecule has 0 saturated carbocycles. The normalized spacial score (nSPS) is 11.1. The van der Waals surface area contributed by atoms with Crippen molar-refractivity contribution in [2.45, 2.75) is 11.9 Å². The van der Waals surface area contributed by atoms with E-state index < -0.39 is 0 Å². The largest absolute Gasteiger partial charge is 0.391 e. The lowest BCUT2D eigenvalue weighted by atomic mass is 10.1. The van der Waals surface area contributed by atoms with Crippen LogP contribution in [0.3, 0.4) is 0 Å². The van der Waals surface area contributed by atoms with Crippen molar-refractivity contribution >= 4 is 37.4 Å². The van der Waals surface area contributed by atoms with E-state index >= 15 is 0 Å². The molecular weight excluding hydrogens is 267 g/mol. The average Bonchev–Trinajstić information content (AvgIpc) is 2.60. The molecule has 0 aliphatic carbocycles. The molecule has 2 rings (SSSR count). The lowest BCUT2D eigenvalue weighted by Crippen LogP contribution is -1.85. The number of rotatable bonds is 2. The van der Waals surface area contributed by atoms with Gasteiger partial charge in [-0.3, -0.25) is 0 Å². The van der Waals surface area contributed by atoms with Crippen LogP contribution in [0.15, 0.2) is 18.2 Å². The van der Waals surface area contributed by atoms with Crippen LogP contribution < -0.4 is 0 Å². The minimum Gasteiger partial charge on any atom is -0.391 e. The van der Waals surface area contributed by atoms with Crippen molar-refractivity contribution in [1.29, 1.82) is 0 Å². The second kappa shape index (κ2) is 3.96. The number of aliphatic hydroxyl groups is 1. The van der Waals surface area contributed by atoms with E-state index in [1.54, 1.807) is 6.07 Å². The van der Waals surface area contributed by atoms with Gasteiger partial charge in [-0.2, -0.15) is 0 Å². The van der Waals surface area contributed by atoms with E-state index in [-0.39, 0.29) is 12.4 Å². The van der Waals surface area contributed by atoms with Crippen molar-refractivity contribution < 1.29 is 9.50 Å². The van der Waals surface area contributed by atoms with E-state index in [0.29, 0.717) is 10.9 Å². The van der Waals surface area contributed by atoms with Gasteiger partial charge in [-0.25, -0.2) is 4.39 Å². The molecule has 0 radical (unpaired) electrons. The molecule has 0 aliphatic heterocycles. The van der Waals surface area contributed by atoms with Crippen LogP contribution in [0.5, 0.6) is 0 Å². The number of hydrogen-bond acceptors (Lipinski definition) is 2. The molecule has 0 aliphatic rings. The topological polar surface area (TPSA) is 20.2 Å². The third kappa shape index (κ3) is 1.58. The number of benzene rings is 1. The summed E-state index contributed by atoms with van der Waals surface area (Å²) < 4.78 is 14.4. The fraction of sp³-hybridized carbons (Fsp3) is 0.200. The molecule has 1 aromatic heterocycles. The molecule has 74 valence electrons. The Kier molecular flexibility index (Phi) is 2.85. The van der Waals surface area contributed by atoms with Gasteiger partial charge in [-0.15, -0.1) is 11.3 Å². The van der Waals surface area contributed by atoms with Gasteiger partial charge in [0.05, 0.1) is 6.61 Å². The summed E-state index contributed by atoms with van der Waals surface area (Å²) in [6, 6.07) is 5.07. The Balaban J connectivity index is 2.73. The summed E-state index contributed by atoms with van der Waals surface area (Å²) in [5.41, 5.74) is 0.665. The quantitative estimate of drug-likeness (QED) is 0.832. The molecule has 0 amide bonds. The van der Waals surface area contributed by atoms with E-state index in [9.17, 15) is 4.39 Å². The first-order valence-corrected chi connectivity index (χ1v) is 6.06. The molecule has 2 aromatic rings. The van der Waals surface area contributed by atoms with Crippen molar-refractivity contribution in [1.82, 2.24) is 0 Å². The standard InChI is InChI=1S/C10H8BrFOS/c11-4-8-7-3-6(5-13)14-10(7)2-1-9(8)12/h1-3,13H,4-5H2. The zero-order chi connectivity index (χ0) is 10.1. The maximum absolute atomic E-state index is 13.3. The Morgan fingerprint density at radius 3 is 2.86 bits per heavy atom. The van der Waals surface area contributed by atoms with Crippen LogP contribution >= 0.6 is 27.3 Å². The molecular formula is C10H8BrFOS. The van der Waals surface area contributed by atoms with Crippen molar-refractivity contribution in [3.8, 4) is 0 Å². The fourth-order valence-corrected chi connectivity index (χ4v) is 2.93. The lowest BCUT2D eigenvalue weighted by molar-refractivity contribution is 0.285. The van der Waals surface area contributed by atoms with Crippen LogP contribution in [0.4, 0.5) is 4.39 Å². The Morgan fingerprint density at radius 2 is 2.21 bits per heavy atom. The number of aliphatic hydroxyl groups excluding tert-OH is 1. The molecule has 4 heteroatoms. The Morgan fingerprint density at radius 1 is 1.43 bits per heavy atom. The zero-order valence-electron chi connectivity index (χ0n) is 7.26. The SMILES string of the molecule is OCc1cc2c(CBr)c(F)ccc2s1. The van der Waals surface area contributed by atoms with Crippen molar-refractivity contribution in [3.63, 3.8) is 0 Å². The highest BCUT2D eigenvalue weighted by Crippen LogP contribution is 2.31. The van der Waals surface area contributed by atoms with E-state index in [2.05, 4.69) is 15.9 Å². The van der Waals surface area contributed by atoms with E-state index in [1.807, 2.05) is 6.07 Å². The average molecular weight is 275 g/mol. The molecule has 1 aromatic carbocycles. The van der Waals surface area contributed by atoms with Crippen molar-refractivity contribution in [2.24, 2.45) is 0 Å².